The Bertz CT molecular complexity index is 870. The molecule has 0 fully saturated rings. The number of ketones is 1. The van der Waals surface area contributed by atoms with E-state index in [1.165, 1.54) is 0 Å². The first-order chi connectivity index (χ1) is 12.8. The molecule has 0 saturated heterocycles. The van der Waals surface area contributed by atoms with Crippen molar-refractivity contribution >= 4 is 23.1 Å². The Labute approximate surface area is 165 Å². The maximum absolute atomic E-state index is 12.9. The summed E-state index contributed by atoms with van der Waals surface area (Å²) in [4.78, 5) is 17.3. The molecule has 1 aromatic heterocycles. The number of aromatic nitrogens is 1. The van der Waals surface area contributed by atoms with Crippen LogP contribution in [0.5, 0.6) is 0 Å². The number of Topliss-reactive ketones (excluding diaryl/α,β-unsaturated/α-hetero) is 1. The summed E-state index contributed by atoms with van der Waals surface area (Å²) in [6.07, 6.45) is 2.94. The monoisotopic (exact) mass is 381 g/mol. The highest BCUT2D eigenvalue weighted by molar-refractivity contribution is 7.99. The van der Waals surface area contributed by atoms with Gasteiger partial charge in [-0.1, -0.05) is 36.8 Å². The van der Waals surface area contributed by atoms with E-state index in [4.69, 9.17) is 0 Å². The van der Waals surface area contributed by atoms with E-state index in [-0.39, 0.29) is 17.5 Å². The lowest BCUT2D eigenvalue weighted by Gasteiger charge is -2.28. The third kappa shape index (κ3) is 4.62. The van der Waals surface area contributed by atoms with E-state index in [0.29, 0.717) is 24.3 Å². The summed E-state index contributed by atoms with van der Waals surface area (Å²) in [5.74, 6) is 1.69. The second kappa shape index (κ2) is 8.30. The van der Waals surface area contributed by atoms with Crippen LogP contribution in [-0.4, -0.2) is 21.6 Å². The van der Waals surface area contributed by atoms with Crippen molar-refractivity contribution in [3.05, 3.63) is 64.5 Å². The van der Waals surface area contributed by atoms with E-state index in [2.05, 4.69) is 18.0 Å². The molecule has 0 amide bonds. The number of pyridine rings is 1. The Morgan fingerprint density at radius 1 is 1.15 bits per heavy atom. The van der Waals surface area contributed by atoms with E-state index < -0.39 is 0 Å². The number of rotatable bonds is 5. The highest BCUT2D eigenvalue weighted by atomic mass is 32.2. The average Bonchev–Trinajstić information content (AvgIpc) is 2.63. The molecule has 1 aliphatic carbocycles. The third-order valence-corrected chi connectivity index (χ3v) is 6.55. The zero-order valence-corrected chi connectivity index (χ0v) is 17.3. The molecule has 3 rings (SSSR count). The van der Waals surface area contributed by atoms with Crippen LogP contribution < -0.4 is 0 Å². The SMILES string of the molecule is Cc1ccc(SCC(C)C2CC(=O)C(c3cc(C)ccc3C)=C(O)C2)nc1. The van der Waals surface area contributed by atoms with Crippen molar-refractivity contribution in [3.63, 3.8) is 0 Å². The number of thioether (sulfide) groups is 1. The van der Waals surface area contributed by atoms with Crippen molar-refractivity contribution in [2.24, 2.45) is 11.8 Å². The number of aliphatic hydroxyl groups is 1. The summed E-state index contributed by atoms with van der Waals surface area (Å²) in [6, 6.07) is 10.1. The predicted octanol–water partition coefficient (Wildman–Crippen LogP) is 5.68. The Kier molecular flexibility index (Phi) is 6.05. The molecule has 3 nitrogen and oxygen atoms in total. The molecule has 27 heavy (non-hydrogen) atoms. The van der Waals surface area contributed by atoms with Gasteiger partial charge < -0.3 is 5.11 Å². The van der Waals surface area contributed by atoms with Crippen molar-refractivity contribution in [1.29, 1.82) is 0 Å². The van der Waals surface area contributed by atoms with E-state index in [9.17, 15) is 9.90 Å². The van der Waals surface area contributed by atoms with Gasteiger partial charge in [-0.15, -0.1) is 11.8 Å². The smallest absolute Gasteiger partial charge is 0.167 e. The number of aliphatic hydroxyl groups excluding tert-OH is 1. The van der Waals surface area contributed by atoms with Crippen molar-refractivity contribution in [2.75, 3.05) is 5.75 Å². The number of hydrogen-bond donors (Lipinski definition) is 1. The lowest BCUT2D eigenvalue weighted by atomic mass is 9.78. The molecule has 1 aliphatic rings. The Morgan fingerprint density at radius 2 is 1.89 bits per heavy atom. The molecule has 0 saturated carbocycles. The van der Waals surface area contributed by atoms with Gasteiger partial charge in [-0.25, -0.2) is 4.98 Å². The van der Waals surface area contributed by atoms with Crippen molar-refractivity contribution < 1.29 is 9.90 Å². The van der Waals surface area contributed by atoms with Gasteiger partial charge in [0.25, 0.3) is 0 Å². The van der Waals surface area contributed by atoms with Crippen molar-refractivity contribution in [1.82, 2.24) is 4.98 Å². The molecule has 0 bridgehead atoms. The fourth-order valence-electron chi connectivity index (χ4n) is 3.53. The van der Waals surface area contributed by atoms with Gasteiger partial charge in [0.1, 0.15) is 5.76 Å². The van der Waals surface area contributed by atoms with Crippen LogP contribution in [0.4, 0.5) is 0 Å². The van der Waals surface area contributed by atoms with E-state index in [1.54, 1.807) is 11.8 Å². The normalized spacial score (nSPS) is 18.7. The Morgan fingerprint density at radius 3 is 2.56 bits per heavy atom. The zero-order chi connectivity index (χ0) is 19.6. The minimum absolute atomic E-state index is 0.0581. The van der Waals surface area contributed by atoms with E-state index in [1.807, 2.05) is 51.2 Å². The predicted molar refractivity (Wildman–Crippen MR) is 112 cm³/mol. The van der Waals surface area contributed by atoms with Gasteiger partial charge in [0, 0.05) is 24.8 Å². The number of nitrogens with zero attached hydrogens (tertiary/aromatic N) is 1. The number of allylic oxidation sites excluding steroid dienone is 2. The molecule has 1 heterocycles. The van der Waals surface area contributed by atoms with Gasteiger partial charge in [-0.3, -0.25) is 4.79 Å². The van der Waals surface area contributed by atoms with Crippen LogP contribution in [0.2, 0.25) is 0 Å². The summed E-state index contributed by atoms with van der Waals surface area (Å²) >= 11 is 1.71. The summed E-state index contributed by atoms with van der Waals surface area (Å²) in [7, 11) is 0. The first-order valence-corrected chi connectivity index (χ1v) is 10.4. The lowest BCUT2D eigenvalue weighted by molar-refractivity contribution is -0.115. The van der Waals surface area contributed by atoms with Gasteiger partial charge in [0.05, 0.1) is 10.6 Å². The largest absolute Gasteiger partial charge is 0.512 e. The highest BCUT2D eigenvalue weighted by Crippen LogP contribution is 2.38. The Hall–Kier alpha value is -2.07. The second-order valence-corrected chi connectivity index (χ2v) is 8.73. The summed E-state index contributed by atoms with van der Waals surface area (Å²) in [5, 5.41) is 11.7. The van der Waals surface area contributed by atoms with E-state index >= 15 is 0 Å². The standard InChI is InChI=1S/C23H27NO2S/c1-14-5-7-16(3)19(9-14)23-20(25)10-18(11-21(23)26)17(4)13-27-22-8-6-15(2)12-24-22/h5-9,12,17-18,25H,10-11,13H2,1-4H3. The molecule has 0 aliphatic heterocycles. The Balaban J connectivity index is 1.71. The quantitative estimate of drug-likeness (QED) is 0.677. The minimum atomic E-state index is 0.0581. The number of carbonyl (C=O) groups excluding carboxylic acids is 1. The van der Waals surface area contributed by atoms with Crippen LogP contribution in [0.1, 0.15) is 42.0 Å². The van der Waals surface area contributed by atoms with Crippen LogP contribution >= 0.6 is 11.8 Å². The van der Waals surface area contributed by atoms with Crippen LogP contribution in [0, 0.1) is 32.6 Å². The van der Waals surface area contributed by atoms with Crippen LogP contribution in [-0.2, 0) is 4.79 Å². The van der Waals surface area contributed by atoms with Gasteiger partial charge >= 0.3 is 0 Å². The number of benzene rings is 1. The van der Waals surface area contributed by atoms with Gasteiger partial charge in [-0.2, -0.15) is 0 Å². The average molecular weight is 382 g/mol. The molecule has 2 atom stereocenters. The van der Waals surface area contributed by atoms with Crippen LogP contribution in [0.15, 0.2) is 47.3 Å². The summed E-state index contributed by atoms with van der Waals surface area (Å²) < 4.78 is 0. The molecular formula is C23H27NO2S. The maximum Gasteiger partial charge on any atom is 0.167 e. The second-order valence-electron chi connectivity index (χ2n) is 7.69. The van der Waals surface area contributed by atoms with Gasteiger partial charge in [0.15, 0.2) is 5.78 Å². The minimum Gasteiger partial charge on any atom is -0.512 e. The molecule has 1 N–H and O–H groups in total. The molecule has 0 spiro atoms. The summed E-state index contributed by atoms with van der Waals surface area (Å²) in [5.41, 5.74) is 4.68. The number of aryl methyl sites for hydroxylation is 3. The molecule has 2 unspecified atom stereocenters. The molecule has 1 aromatic carbocycles. The topological polar surface area (TPSA) is 50.2 Å². The number of hydrogen-bond acceptors (Lipinski definition) is 4. The zero-order valence-electron chi connectivity index (χ0n) is 16.5. The fourth-order valence-corrected chi connectivity index (χ4v) is 4.53. The molecule has 2 aromatic rings. The van der Waals surface area contributed by atoms with E-state index in [0.717, 1.165) is 33.0 Å². The van der Waals surface area contributed by atoms with Crippen molar-refractivity contribution in [2.45, 2.75) is 45.6 Å². The highest BCUT2D eigenvalue weighted by Gasteiger charge is 2.32. The third-order valence-electron chi connectivity index (χ3n) is 5.32. The first kappa shape index (κ1) is 19.7. The van der Waals surface area contributed by atoms with Crippen molar-refractivity contribution in [3.8, 4) is 0 Å². The maximum atomic E-state index is 12.9. The molecule has 4 heteroatoms. The molecular weight excluding hydrogens is 354 g/mol. The molecule has 0 radical (unpaired) electrons. The van der Waals surface area contributed by atoms with Crippen LogP contribution in [0.3, 0.4) is 0 Å². The van der Waals surface area contributed by atoms with Gasteiger partial charge in [-0.05, 0) is 55.4 Å². The number of carbonyl (C=O) groups is 1. The lowest BCUT2D eigenvalue weighted by Crippen LogP contribution is -2.25. The summed E-state index contributed by atoms with van der Waals surface area (Å²) in [6.45, 7) is 8.19. The first-order valence-electron chi connectivity index (χ1n) is 9.43. The molecule has 142 valence electrons. The fraction of sp³-hybridized carbons (Fsp3) is 0.391. The van der Waals surface area contributed by atoms with Crippen LogP contribution in [0.25, 0.3) is 5.57 Å². The van der Waals surface area contributed by atoms with Gasteiger partial charge in [0.2, 0.25) is 0 Å².